The number of hydrogen-bond donors (Lipinski definition) is 1. The van der Waals surface area contributed by atoms with Gasteiger partial charge in [0.05, 0.1) is 7.11 Å². The Morgan fingerprint density at radius 2 is 1.80 bits per heavy atom. The Labute approximate surface area is 122 Å². The zero-order valence-corrected chi connectivity index (χ0v) is 12.5. The summed E-state index contributed by atoms with van der Waals surface area (Å²) in [5.74, 6) is 1.83. The van der Waals surface area contributed by atoms with Crippen molar-refractivity contribution in [3.05, 3.63) is 29.8 Å². The summed E-state index contributed by atoms with van der Waals surface area (Å²) in [5, 5.41) is 3.67. The Morgan fingerprint density at radius 1 is 1.10 bits per heavy atom. The monoisotopic (exact) mass is 274 g/mol. The van der Waals surface area contributed by atoms with E-state index in [0.717, 1.165) is 24.3 Å². The number of nitrogens with zero attached hydrogens (tertiary/aromatic N) is 1. The van der Waals surface area contributed by atoms with E-state index in [1.165, 1.54) is 50.9 Å². The van der Waals surface area contributed by atoms with Crippen LogP contribution < -0.4 is 10.1 Å². The molecule has 1 heterocycles. The van der Waals surface area contributed by atoms with Crippen LogP contribution in [0.15, 0.2) is 24.3 Å². The number of ether oxygens (including phenoxy) is 1. The maximum Gasteiger partial charge on any atom is 0.118 e. The lowest BCUT2D eigenvalue weighted by Gasteiger charge is -2.32. The van der Waals surface area contributed by atoms with E-state index in [9.17, 15) is 0 Å². The van der Waals surface area contributed by atoms with Crippen molar-refractivity contribution in [2.75, 3.05) is 26.7 Å². The Kier molecular flexibility index (Phi) is 4.58. The summed E-state index contributed by atoms with van der Waals surface area (Å²) in [6, 6.07) is 9.33. The molecule has 20 heavy (non-hydrogen) atoms. The minimum atomic E-state index is 0.854. The molecule has 1 aliphatic heterocycles. The van der Waals surface area contributed by atoms with Gasteiger partial charge in [-0.2, -0.15) is 0 Å². The highest BCUT2D eigenvalue weighted by atomic mass is 16.5. The number of hydrogen-bond acceptors (Lipinski definition) is 3. The molecule has 0 spiro atoms. The van der Waals surface area contributed by atoms with Crippen LogP contribution in [-0.4, -0.2) is 37.7 Å². The second kappa shape index (κ2) is 6.59. The van der Waals surface area contributed by atoms with E-state index >= 15 is 0 Å². The quantitative estimate of drug-likeness (QED) is 0.863. The van der Waals surface area contributed by atoms with Crippen molar-refractivity contribution in [2.45, 2.75) is 38.3 Å². The molecule has 1 N–H and O–H groups in total. The topological polar surface area (TPSA) is 24.5 Å². The SMILES string of the molecule is COc1ccc(CN2CCC(CNC3CC3)CC2)cc1. The molecule has 1 aromatic rings. The first-order chi connectivity index (χ1) is 9.83. The lowest BCUT2D eigenvalue weighted by atomic mass is 9.96. The van der Waals surface area contributed by atoms with Gasteiger partial charge in [0.2, 0.25) is 0 Å². The molecule has 1 saturated heterocycles. The van der Waals surface area contributed by atoms with Crippen LogP contribution in [0.2, 0.25) is 0 Å². The minimum absolute atomic E-state index is 0.854. The fourth-order valence-corrected chi connectivity index (χ4v) is 2.96. The average Bonchev–Trinajstić information content (AvgIpc) is 3.32. The van der Waals surface area contributed by atoms with Gasteiger partial charge in [0.15, 0.2) is 0 Å². The fraction of sp³-hybridized carbons (Fsp3) is 0.647. The molecule has 1 saturated carbocycles. The molecule has 3 nitrogen and oxygen atoms in total. The van der Waals surface area contributed by atoms with E-state index in [1.807, 2.05) is 0 Å². The number of nitrogens with one attached hydrogen (secondary N) is 1. The molecule has 0 radical (unpaired) electrons. The summed E-state index contributed by atoms with van der Waals surface area (Å²) in [6.07, 6.45) is 5.48. The molecule has 2 aliphatic rings. The van der Waals surface area contributed by atoms with Crippen LogP contribution in [0.1, 0.15) is 31.2 Å². The molecule has 0 aromatic heterocycles. The van der Waals surface area contributed by atoms with Crippen LogP contribution in [0.4, 0.5) is 0 Å². The molecule has 110 valence electrons. The normalized spacial score (nSPS) is 21.1. The highest BCUT2D eigenvalue weighted by Crippen LogP contribution is 2.22. The summed E-state index contributed by atoms with van der Waals surface area (Å²) < 4.78 is 5.20. The Balaban J connectivity index is 1.40. The highest BCUT2D eigenvalue weighted by molar-refractivity contribution is 5.27. The van der Waals surface area contributed by atoms with Gasteiger partial charge in [-0.05, 0) is 68.9 Å². The lowest BCUT2D eigenvalue weighted by molar-refractivity contribution is 0.175. The minimum Gasteiger partial charge on any atom is -0.497 e. The predicted molar refractivity (Wildman–Crippen MR) is 82.0 cm³/mol. The van der Waals surface area contributed by atoms with Crippen LogP contribution >= 0.6 is 0 Å². The van der Waals surface area contributed by atoms with Crippen LogP contribution in [0.3, 0.4) is 0 Å². The Morgan fingerprint density at radius 3 is 2.40 bits per heavy atom. The van der Waals surface area contributed by atoms with E-state index < -0.39 is 0 Å². The standard InChI is InChI=1S/C17H26N2O/c1-20-17-6-2-15(3-7-17)13-19-10-8-14(9-11-19)12-18-16-4-5-16/h2-3,6-7,14,16,18H,4-5,8-13H2,1H3. The van der Waals surface area contributed by atoms with Gasteiger partial charge in [-0.15, -0.1) is 0 Å². The Hall–Kier alpha value is -1.06. The van der Waals surface area contributed by atoms with Crippen molar-refractivity contribution in [2.24, 2.45) is 5.92 Å². The van der Waals surface area contributed by atoms with Crippen molar-refractivity contribution in [1.29, 1.82) is 0 Å². The lowest BCUT2D eigenvalue weighted by Crippen LogP contribution is -2.37. The largest absolute Gasteiger partial charge is 0.497 e. The van der Waals surface area contributed by atoms with E-state index in [4.69, 9.17) is 4.74 Å². The second-order valence-electron chi connectivity index (χ2n) is 6.25. The van der Waals surface area contributed by atoms with Crippen molar-refractivity contribution < 1.29 is 4.74 Å². The van der Waals surface area contributed by atoms with Crippen molar-refractivity contribution in [3.8, 4) is 5.75 Å². The molecular weight excluding hydrogens is 248 g/mol. The number of rotatable bonds is 6. The average molecular weight is 274 g/mol. The third kappa shape index (κ3) is 3.97. The van der Waals surface area contributed by atoms with Crippen molar-refractivity contribution in [3.63, 3.8) is 0 Å². The third-order valence-electron chi connectivity index (χ3n) is 4.54. The first-order valence-corrected chi connectivity index (χ1v) is 7.92. The van der Waals surface area contributed by atoms with Gasteiger partial charge in [-0.3, -0.25) is 4.90 Å². The van der Waals surface area contributed by atoms with Crippen LogP contribution in [0.25, 0.3) is 0 Å². The predicted octanol–water partition coefficient (Wildman–Crippen LogP) is 2.66. The maximum absolute atomic E-state index is 5.20. The maximum atomic E-state index is 5.20. The van der Waals surface area contributed by atoms with E-state index in [0.29, 0.717) is 0 Å². The first-order valence-electron chi connectivity index (χ1n) is 7.92. The zero-order valence-electron chi connectivity index (χ0n) is 12.5. The summed E-state index contributed by atoms with van der Waals surface area (Å²) in [6.45, 7) is 4.79. The molecular formula is C17H26N2O. The second-order valence-corrected chi connectivity index (χ2v) is 6.25. The van der Waals surface area contributed by atoms with E-state index in [-0.39, 0.29) is 0 Å². The molecule has 3 heteroatoms. The van der Waals surface area contributed by atoms with Gasteiger partial charge in [0.25, 0.3) is 0 Å². The van der Waals surface area contributed by atoms with Gasteiger partial charge in [-0.1, -0.05) is 12.1 Å². The van der Waals surface area contributed by atoms with Gasteiger partial charge < -0.3 is 10.1 Å². The molecule has 2 fully saturated rings. The van der Waals surface area contributed by atoms with Gasteiger partial charge in [0.1, 0.15) is 5.75 Å². The molecule has 1 aromatic carbocycles. The number of methoxy groups -OCH3 is 1. The molecule has 3 rings (SSSR count). The molecule has 0 unspecified atom stereocenters. The van der Waals surface area contributed by atoms with Crippen LogP contribution in [0, 0.1) is 5.92 Å². The number of likely N-dealkylation sites (tertiary alicyclic amines) is 1. The van der Waals surface area contributed by atoms with Crippen molar-refractivity contribution >= 4 is 0 Å². The number of piperidine rings is 1. The molecule has 1 aliphatic carbocycles. The number of benzene rings is 1. The zero-order chi connectivity index (χ0) is 13.8. The highest BCUT2D eigenvalue weighted by Gasteiger charge is 2.24. The van der Waals surface area contributed by atoms with E-state index in [1.54, 1.807) is 7.11 Å². The summed E-state index contributed by atoms with van der Waals surface area (Å²) in [5.41, 5.74) is 1.39. The van der Waals surface area contributed by atoms with Crippen LogP contribution in [0.5, 0.6) is 5.75 Å². The van der Waals surface area contributed by atoms with E-state index in [2.05, 4.69) is 34.5 Å². The third-order valence-corrected chi connectivity index (χ3v) is 4.54. The molecule has 0 bridgehead atoms. The summed E-state index contributed by atoms with van der Waals surface area (Å²) >= 11 is 0. The van der Waals surface area contributed by atoms with Crippen molar-refractivity contribution in [1.82, 2.24) is 10.2 Å². The van der Waals surface area contributed by atoms with Gasteiger partial charge in [0, 0.05) is 12.6 Å². The smallest absolute Gasteiger partial charge is 0.118 e. The first kappa shape index (κ1) is 13.9. The molecule has 0 atom stereocenters. The molecule has 0 amide bonds. The van der Waals surface area contributed by atoms with Gasteiger partial charge in [-0.25, -0.2) is 0 Å². The Bertz CT molecular complexity index is 406. The van der Waals surface area contributed by atoms with Crippen LogP contribution in [-0.2, 0) is 6.54 Å². The van der Waals surface area contributed by atoms with Gasteiger partial charge >= 0.3 is 0 Å². The summed E-state index contributed by atoms with van der Waals surface area (Å²) in [7, 11) is 1.72. The summed E-state index contributed by atoms with van der Waals surface area (Å²) in [4.78, 5) is 2.58. The fourth-order valence-electron chi connectivity index (χ4n) is 2.96.